The fourth-order valence-corrected chi connectivity index (χ4v) is 2.36. The SMILES string of the molecule is CC(CC(=O)c1cccs1)NC(=O)Cc1ccon1. The highest BCUT2D eigenvalue weighted by molar-refractivity contribution is 7.12. The number of amides is 1. The van der Waals surface area contributed by atoms with Crippen LogP contribution in [0.1, 0.15) is 28.7 Å². The minimum atomic E-state index is -0.200. The maximum Gasteiger partial charge on any atom is 0.226 e. The maximum absolute atomic E-state index is 11.8. The van der Waals surface area contributed by atoms with Gasteiger partial charge in [-0.1, -0.05) is 11.2 Å². The van der Waals surface area contributed by atoms with Crippen LogP contribution in [0.15, 0.2) is 34.4 Å². The summed E-state index contributed by atoms with van der Waals surface area (Å²) in [5.41, 5.74) is 0.578. The summed E-state index contributed by atoms with van der Waals surface area (Å²) in [4.78, 5) is 24.3. The predicted octanol–water partition coefficient (Wildman–Crippen LogP) is 2.06. The Bertz CT molecular complexity index is 534. The van der Waals surface area contributed by atoms with E-state index in [9.17, 15) is 9.59 Å². The molecule has 2 aromatic heterocycles. The Balaban J connectivity index is 1.79. The molecule has 2 heterocycles. The molecule has 0 radical (unpaired) electrons. The third-order valence-corrected chi connectivity index (χ3v) is 3.44. The van der Waals surface area contributed by atoms with Crippen molar-refractivity contribution in [1.29, 1.82) is 0 Å². The van der Waals surface area contributed by atoms with Crippen LogP contribution in [0.2, 0.25) is 0 Å². The van der Waals surface area contributed by atoms with Crippen LogP contribution in [0.3, 0.4) is 0 Å². The van der Waals surface area contributed by atoms with Gasteiger partial charge in [-0.3, -0.25) is 9.59 Å². The van der Waals surface area contributed by atoms with Crippen molar-refractivity contribution in [2.45, 2.75) is 25.8 Å². The fraction of sp³-hybridized carbons (Fsp3) is 0.308. The lowest BCUT2D eigenvalue weighted by molar-refractivity contribution is -0.121. The normalized spacial score (nSPS) is 12.1. The van der Waals surface area contributed by atoms with Gasteiger partial charge in [0.05, 0.1) is 17.0 Å². The Morgan fingerprint density at radius 3 is 2.95 bits per heavy atom. The van der Waals surface area contributed by atoms with E-state index in [4.69, 9.17) is 0 Å². The van der Waals surface area contributed by atoms with Crippen molar-refractivity contribution < 1.29 is 14.1 Å². The van der Waals surface area contributed by atoms with Crippen LogP contribution >= 0.6 is 11.3 Å². The topological polar surface area (TPSA) is 72.2 Å². The molecule has 0 aliphatic carbocycles. The van der Waals surface area contributed by atoms with E-state index in [2.05, 4.69) is 15.0 Å². The van der Waals surface area contributed by atoms with E-state index in [1.54, 1.807) is 12.1 Å². The maximum atomic E-state index is 11.8. The van der Waals surface area contributed by atoms with E-state index in [1.165, 1.54) is 17.6 Å². The summed E-state index contributed by atoms with van der Waals surface area (Å²) in [6.45, 7) is 1.81. The zero-order chi connectivity index (χ0) is 13.7. The molecule has 0 bridgehead atoms. The van der Waals surface area contributed by atoms with Gasteiger partial charge >= 0.3 is 0 Å². The number of ketones is 1. The van der Waals surface area contributed by atoms with E-state index in [0.29, 0.717) is 12.1 Å². The van der Waals surface area contributed by atoms with Crippen LogP contribution in [0.5, 0.6) is 0 Å². The molecule has 0 saturated carbocycles. The van der Waals surface area contributed by atoms with Crippen LogP contribution < -0.4 is 5.32 Å². The van der Waals surface area contributed by atoms with Gasteiger partial charge in [0.1, 0.15) is 6.26 Å². The number of nitrogens with one attached hydrogen (secondary N) is 1. The second-order valence-corrected chi connectivity index (χ2v) is 5.19. The molecule has 1 N–H and O–H groups in total. The Labute approximate surface area is 114 Å². The first-order valence-corrected chi connectivity index (χ1v) is 6.78. The van der Waals surface area contributed by atoms with Crippen molar-refractivity contribution in [1.82, 2.24) is 10.5 Å². The average Bonchev–Trinajstić information content (AvgIpc) is 3.00. The van der Waals surface area contributed by atoms with Gasteiger partial charge in [-0.15, -0.1) is 11.3 Å². The molecule has 100 valence electrons. The number of carbonyl (C=O) groups is 2. The first-order chi connectivity index (χ1) is 9.15. The van der Waals surface area contributed by atoms with E-state index in [1.807, 2.05) is 18.4 Å². The van der Waals surface area contributed by atoms with Gasteiger partial charge in [0.25, 0.3) is 0 Å². The molecule has 0 saturated heterocycles. The van der Waals surface area contributed by atoms with Crippen LogP contribution in [0.4, 0.5) is 0 Å². The summed E-state index contributed by atoms with van der Waals surface area (Å²) in [6, 6.07) is 5.07. The summed E-state index contributed by atoms with van der Waals surface area (Å²) in [7, 11) is 0. The molecular formula is C13H14N2O3S. The molecule has 1 atom stereocenters. The van der Waals surface area contributed by atoms with E-state index >= 15 is 0 Å². The van der Waals surface area contributed by atoms with E-state index in [0.717, 1.165) is 4.88 Å². The Kier molecular flexibility index (Phi) is 4.46. The van der Waals surface area contributed by atoms with Crippen LogP contribution in [-0.2, 0) is 11.2 Å². The third kappa shape index (κ3) is 4.03. The number of hydrogen-bond donors (Lipinski definition) is 1. The molecule has 0 aliphatic heterocycles. The van der Waals surface area contributed by atoms with E-state index in [-0.39, 0.29) is 24.2 Å². The van der Waals surface area contributed by atoms with Gasteiger partial charge in [-0.2, -0.15) is 0 Å². The zero-order valence-corrected chi connectivity index (χ0v) is 11.3. The van der Waals surface area contributed by atoms with Gasteiger partial charge in [-0.05, 0) is 18.4 Å². The van der Waals surface area contributed by atoms with Crippen molar-refractivity contribution in [2.24, 2.45) is 0 Å². The molecule has 0 aliphatic rings. The van der Waals surface area contributed by atoms with Crippen LogP contribution in [-0.4, -0.2) is 22.9 Å². The molecule has 6 heteroatoms. The number of rotatable bonds is 6. The Hall–Kier alpha value is -1.95. The minimum absolute atomic E-state index is 0.0456. The lowest BCUT2D eigenvalue weighted by atomic mass is 10.1. The highest BCUT2D eigenvalue weighted by Crippen LogP contribution is 2.12. The summed E-state index contributed by atoms with van der Waals surface area (Å²) < 4.78 is 4.65. The number of thiophene rings is 1. The second kappa shape index (κ2) is 6.29. The largest absolute Gasteiger partial charge is 0.364 e. The van der Waals surface area contributed by atoms with Crippen molar-refractivity contribution in [3.05, 3.63) is 40.4 Å². The number of carbonyl (C=O) groups excluding carboxylic acids is 2. The molecule has 0 spiro atoms. The van der Waals surface area contributed by atoms with Gasteiger partial charge in [-0.25, -0.2) is 0 Å². The third-order valence-electron chi connectivity index (χ3n) is 2.53. The van der Waals surface area contributed by atoms with Gasteiger partial charge in [0.2, 0.25) is 5.91 Å². The number of aromatic nitrogens is 1. The molecule has 5 nitrogen and oxygen atoms in total. The van der Waals surface area contributed by atoms with Crippen molar-refractivity contribution in [3.63, 3.8) is 0 Å². The van der Waals surface area contributed by atoms with Crippen molar-refractivity contribution in [3.8, 4) is 0 Å². The lowest BCUT2D eigenvalue weighted by Crippen LogP contribution is -2.35. The molecule has 19 heavy (non-hydrogen) atoms. The summed E-state index contributed by atoms with van der Waals surface area (Å²) in [5, 5.41) is 8.30. The van der Waals surface area contributed by atoms with Crippen molar-refractivity contribution in [2.75, 3.05) is 0 Å². The average molecular weight is 278 g/mol. The molecule has 2 aromatic rings. The molecule has 1 unspecified atom stereocenters. The van der Waals surface area contributed by atoms with Crippen molar-refractivity contribution >= 4 is 23.0 Å². The molecule has 1 amide bonds. The predicted molar refractivity (Wildman–Crippen MR) is 71.1 cm³/mol. The number of hydrogen-bond acceptors (Lipinski definition) is 5. The van der Waals surface area contributed by atoms with Crippen LogP contribution in [0.25, 0.3) is 0 Å². The second-order valence-electron chi connectivity index (χ2n) is 4.24. The molecule has 0 aromatic carbocycles. The quantitative estimate of drug-likeness (QED) is 0.821. The highest BCUT2D eigenvalue weighted by atomic mass is 32.1. The number of nitrogens with zero attached hydrogens (tertiary/aromatic N) is 1. The summed E-state index contributed by atoms with van der Waals surface area (Å²) in [5.74, 6) is -0.121. The molecular weight excluding hydrogens is 264 g/mol. The number of Topliss-reactive ketones (excluding diaryl/α,β-unsaturated/α-hetero) is 1. The summed E-state index contributed by atoms with van der Waals surface area (Å²) in [6.07, 6.45) is 1.88. The first kappa shape index (κ1) is 13.5. The van der Waals surface area contributed by atoms with E-state index < -0.39 is 0 Å². The smallest absolute Gasteiger partial charge is 0.226 e. The fourth-order valence-electron chi connectivity index (χ4n) is 1.69. The lowest BCUT2D eigenvalue weighted by Gasteiger charge is -2.11. The zero-order valence-electron chi connectivity index (χ0n) is 10.5. The molecule has 0 fully saturated rings. The monoisotopic (exact) mass is 278 g/mol. The van der Waals surface area contributed by atoms with Gasteiger partial charge in [0.15, 0.2) is 5.78 Å². The minimum Gasteiger partial charge on any atom is -0.364 e. The van der Waals surface area contributed by atoms with Gasteiger partial charge in [0, 0.05) is 18.5 Å². The summed E-state index contributed by atoms with van der Waals surface area (Å²) >= 11 is 1.41. The first-order valence-electron chi connectivity index (χ1n) is 5.90. The Morgan fingerprint density at radius 1 is 1.47 bits per heavy atom. The molecule has 2 rings (SSSR count). The Morgan fingerprint density at radius 2 is 2.32 bits per heavy atom. The van der Waals surface area contributed by atoms with Gasteiger partial charge < -0.3 is 9.84 Å². The van der Waals surface area contributed by atoms with Crippen LogP contribution in [0, 0.1) is 0 Å². The standard InChI is InChI=1S/C13H14N2O3S/c1-9(7-11(16)12-3-2-6-19-12)14-13(17)8-10-4-5-18-15-10/h2-6,9H,7-8H2,1H3,(H,14,17). The highest BCUT2D eigenvalue weighted by Gasteiger charge is 2.15.